The average Bonchev–Trinajstić information content (AvgIpc) is 3.14. The van der Waals surface area contributed by atoms with E-state index in [2.05, 4.69) is 21.2 Å². The van der Waals surface area contributed by atoms with Gasteiger partial charge in [0.15, 0.2) is 0 Å². The summed E-state index contributed by atoms with van der Waals surface area (Å²) in [5, 5.41) is 5.87. The van der Waals surface area contributed by atoms with Gasteiger partial charge in [0.05, 0.1) is 12.5 Å². The Morgan fingerprint density at radius 2 is 1.96 bits per heavy atom. The summed E-state index contributed by atoms with van der Waals surface area (Å²) < 4.78 is 31.3. The third-order valence-corrected chi connectivity index (χ3v) is 3.61. The lowest BCUT2D eigenvalue weighted by Gasteiger charge is -2.15. The highest BCUT2D eigenvalue weighted by atomic mass is 19.3. The number of primary amides is 1. The minimum atomic E-state index is -3.85. The van der Waals surface area contributed by atoms with Gasteiger partial charge in [-0.3, -0.25) is 14.4 Å². The van der Waals surface area contributed by atoms with Crippen LogP contribution in [0.15, 0.2) is 34.9 Å². The van der Waals surface area contributed by atoms with Crippen LogP contribution in [0.2, 0.25) is 0 Å². The molecular formula is C17H17F2N4O4. The predicted molar refractivity (Wildman–Crippen MR) is 89.3 cm³/mol. The van der Waals surface area contributed by atoms with E-state index < -0.39 is 36.0 Å². The molecule has 3 N–H and O–H groups in total. The Morgan fingerprint density at radius 1 is 1.30 bits per heavy atom. The van der Waals surface area contributed by atoms with E-state index in [0.29, 0.717) is 12.0 Å². The second-order valence-electron chi connectivity index (χ2n) is 5.60. The number of hydrogen-bond donors (Lipinski definition) is 2. The monoisotopic (exact) mass is 379 g/mol. The van der Waals surface area contributed by atoms with Crippen LogP contribution in [0.5, 0.6) is 0 Å². The van der Waals surface area contributed by atoms with E-state index >= 15 is 0 Å². The number of benzene rings is 1. The van der Waals surface area contributed by atoms with Gasteiger partial charge in [-0.25, -0.2) is 0 Å². The first kappa shape index (κ1) is 20.1. The quantitative estimate of drug-likeness (QED) is 0.636. The Hall–Kier alpha value is -3.17. The molecule has 2 amide bonds. The van der Waals surface area contributed by atoms with Gasteiger partial charge in [0.1, 0.15) is 0 Å². The Bertz CT molecular complexity index is 823. The van der Waals surface area contributed by atoms with Crippen LogP contribution in [0.4, 0.5) is 8.78 Å². The predicted octanol–water partition coefficient (Wildman–Crippen LogP) is 1.53. The third kappa shape index (κ3) is 5.16. The molecule has 0 unspecified atom stereocenters. The number of ketones is 1. The van der Waals surface area contributed by atoms with Crippen LogP contribution in [0, 0.1) is 6.42 Å². The standard InChI is InChI=1S/C17H17F2N4O4/c1-2-11(21-12(24)8-9-17(18,19)16(20)26)13(25)14-22-15(27-23-14)10-6-4-3-5-7-10/h3-8,11H,2,9H2,1H3,(H2,20,26)(H,21,24)/t11-/m0/s1. The number of halogens is 2. The smallest absolute Gasteiger partial charge is 0.325 e. The molecule has 0 spiro atoms. The third-order valence-electron chi connectivity index (χ3n) is 3.61. The van der Waals surface area contributed by atoms with E-state index in [9.17, 15) is 23.2 Å². The van der Waals surface area contributed by atoms with Crippen molar-refractivity contribution in [1.82, 2.24) is 15.5 Å². The number of carbonyl (C=O) groups excluding carboxylic acids is 3. The minimum absolute atomic E-state index is 0.132. The lowest BCUT2D eigenvalue weighted by molar-refractivity contribution is -0.142. The highest BCUT2D eigenvalue weighted by Crippen LogP contribution is 2.19. The zero-order chi connectivity index (χ0) is 20.0. The summed E-state index contributed by atoms with van der Waals surface area (Å²) in [4.78, 5) is 38.8. The highest BCUT2D eigenvalue weighted by molar-refractivity contribution is 6.00. The maximum absolute atomic E-state index is 13.1. The highest BCUT2D eigenvalue weighted by Gasteiger charge is 2.37. The molecule has 0 saturated heterocycles. The van der Waals surface area contributed by atoms with Crippen molar-refractivity contribution in [1.29, 1.82) is 0 Å². The summed E-state index contributed by atoms with van der Waals surface area (Å²) in [5.74, 6) is -7.37. The number of rotatable bonds is 9. The molecule has 0 saturated carbocycles. The molecule has 0 aliphatic heterocycles. The van der Waals surface area contributed by atoms with Crippen molar-refractivity contribution in [2.75, 3.05) is 0 Å². The second kappa shape index (κ2) is 8.47. The Morgan fingerprint density at radius 3 is 2.56 bits per heavy atom. The fourth-order valence-corrected chi connectivity index (χ4v) is 2.08. The summed E-state index contributed by atoms with van der Waals surface area (Å²) in [6, 6.07) is 7.70. The van der Waals surface area contributed by atoms with Crippen molar-refractivity contribution in [3.05, 3.63) is 42.6 Å². The number of alkyl halides is 2. The molecule has 0 fully saturated rings. The summed E-state index contributed by atoms with van der Waals surface area (Å²) >= 11 is 0. The lowest BCUT2D eigenvalue weighted by atomic mass is 10.1. The average molecular weight is 379 g/mol. The molecular weight excluding hydrogens is 362 g/mol. The van der Waals surface area contributed by atoms with Crippen LogP contribution in [-0.2, 0) is 9.59 Å². The first-order chi connectivity index (χ1) is 12.7. The topological polar surface area (TPSA) is 128 Å². The minimum Gasteiger partial charge on any atom is -0.364 e. The van der Waals surface area contributed by atoms with Crippen LogP contribution in [0.1, 0.15) is 30.4 Å². The molecule has 2 rings (SSSR count). The molecule has 1 heterocycles. The van der Waals surface area contributed by atoms with Crippen molar-refractivity contribution >= 4 is 17.6 Å². The number of hydrogen-bond acceptors (Lipinski definition) is 6. The zero-order valence-corrected chi connectivity index (χ0v) is 14.3. The van der Waals surface area contributed by atoms with Gasteiger partial charge in [-0.2, -0.15) is 13.8 Å². The zero-order valence-electron chi connectivity index (χ0n) is 14.3. The molecule has 1 aromatic carbocycles. The van der Waals surface area contributed by atoms with Gasteiger partial charge >= 0.3 is 5.92 Å². The van der Waals surface area contributed by atoms with Crippen LogP contribution in [0.25, 0.3) is 11.5 Å². The summed E-state index contributed by atoms with van der Waals surface area (Å²) in [6.07, 6.45) is -0.439. The van der Waals surface area contributed by atoms with Gasteiger partial charge in [0.25, 0.3) is 11.8 Å². The number of amides is 2. The largest absolute Gasteiger partial charge is 0.364 e. The van der Waals surface area contributed by atoms with E-state index in [1.807, 2.05) is 0 Å². The molecule has 27 heavy (non-hydrogen) atoms. The van der Waals surface area contributed by atoms with Crippen molar-refractivity contribution in [2.24, 2.45) is 5.73 Å². The molecule has 0 bridgehead atoms. The number of Topliss-reactive ketones (excluding diaryl/α,β-unsaturated/α-hetero) is 1. The molecule has 10 heteroatoms. The number of aromatic nitrogens is 2. The van der Waals surface area contributed by atoms with Gasteiger partial charge in [0, 0.05) is 12.0 Å². The fraction of sp³-hybridized carbons (Fsp3) is 0.294. The molecule has 1 atom stereocenters. The van der Waals surface area contributed by atoms with Gasteiger partial charge < -0.3 is 15.6 Å². The number of nitrogens with two attached hydrogens (primary N) is 1. The maximum atomic E-state index is 13.1. The van der Waals surface area contributed by atoms with Crippen LogP contribution < -0.4 is 11.1 Å². The van der Waals surface area contributed by atoms with Crippen molar-refractivity contribution in [2.45, 2.75) is 31.7 Å². The normalized spacial score (nSPS) is 12.4. The first-order valence-corrected chi connectivity index (χ1v) is 7.99. The van der Waals surface area contributed by atoms with Crippen molar-refractivity contribution in [3.63, 3.8) is 0 Å². The van der Waals surface area contributed by atoms with Gasteiger partial charge in [0.2, 0.25) is 17.5 Å². The SMILES string of the molecule is CC[C@H](NC(=O)[CH]CC(F)(F)C(N)=O)C(=O)c1noc(-c2ccccc2)n1. The second-order valence-corrected chi connectivity index (χ2v) is 5.60. The molecule has 143 valence electrons. The molecule has 1 aromatic heterocycles. The van der Waals surface area contributed by atoms with Gasteiger partial charge in [-0.15, -0.1) is 0 Å². The molecule has 0 aliphatic carbocycles. The maximum Gasteiger partial charge on any atom is 0.325 e. The molecule has 0 aliphatic rings. The Balaban J connectivity index is 2.01. The van der Waals surface area contributed by atoms with Crippen molar-refractivity contribution in [3.8, 4) is 11.5 Å². The lowest BCUT2D eigenvalue weighted by Crippen LogP contribution is -2.42. The van der Waals surface area contributed by atoms with Crippen LogP contribution in [-0.4, -0.2) is 39.7 Å². The Kier molecular flexibility index (Phi) is 6.32. The Labute approximate surface area is 153 Å². The van der Waals surface area contributed by atoms with E-state index in [-0.39, 0.29) is 18.1 Å². The van der Waals surface area contributed by atoms with E-state index in [1.54, 1.807) is 37.3 Å². The summed E-state index contributed by atoms with van der Waals surface area (Å²) in [5.41, 5.74) is 5.15. The van der Waals surface area contributed by atoms with Gasteiger partial charge in [-0.1, -0.05) is 30.3 Å². The molecule has 2 aromatic rings. The van der Waals surface area contributed by atoms with E-state index in [0.717, 1.165) is 0 Å². The number of nitrogens with one attached hydrogen (secondary N) is 1. The van der Waals surface area contributed by atoms with Crippen LogP contribution >= 0.6 is 0 Å². The summed E-state index contributed by atoms with van der Waals surface area (Å²) in [7, 11) is 0. The van der Waals surface area contributed by atoms with E-state index in [4.69, 9.17) is 4.52 Å². The number of nitrogens with zero attached hydrogens (tertiary/aromatic N) is 2. The number of carbonyl (C=O) groups is 3. The summed E-state index contributed by atoms with van der Waals surface area (Å²) in [6.45, 7) is 1.61. The fourth-order valence-electron chi connectivity index (χ4n) is 2.08. The molecule has 1 radical (unpaired) electrons. The van der Waals surface area contributed by atoms with Crippen molar-refractivity contribution < 1.29 is 27.7 Å². The van der Waals surface area contributed by atoms with E-state index in [1.165, 1.54) is 0 Å². The first-order valence-electron chi connectivity index (χ1n) is 7.99. The van der Waals surface area contributed by atoms with Gasteiger partial charge in [-0.05, 0) is 18.6 Å². The molecule has 8 nitrogen and oxygen atoms in total. The van der Waals surface area contributed by atoms with Crippen LogP contribution in [0.3, 0.4) is 0 Å².